The molecule has 1 aromatic rings. The van der Waals surface area contributed by atoms with Crippen molar-refractivity contribution in [3.8, 4) is 11.8 Å². The zero-order valence-corrected chi connectivity index (χ0v) is 10.4. The van der Waals surface area contributed by atoms with Crippen LogP contribution in [0.5, 0.6) is 5.75 Å². The number of benzene rings is 1. The predicted molar refractivity (Wildman–Crippen MR) is 65.0 cm³/mol. The van der Waals surface area contributed by atoms with Crippen molar-refractivity contribution in [2.75, 3.05) is 13.7 Å². The number of rotatable bonds is 2. The average Bonchev–Trinajstić information content (AvgIpc) is 2.38. The summed E-state index contributed by atoms with van der Waals surface area (Å²) in [6.07, 6.45) is 1.65. The van der Waals surface area contributed by atoms with Crippen LogP contribution in [0.3, 0.4) is 0 Å². The molecule has 1 saturated heterocycles. The Morgan fingerprint density at radius 1 is 1.53 bits per heavy atom. The lowest BCUT2D eigenvalue weighted by molar-refractivity contribution is -0.0101. The molecule has 0 radical (unpaired) electrons. The molecule has 4 heteroatoms. The van der Waals surface area contributed by atoms with Crippen LogP contribution in [0.4, 0.5) is 0 Å². The summed E-state index contributed by atoms with van der Waals surface area (Å²) in [5.41, 5.74) is 0.946. The van der Waals surface area contributed by atoms with Gasteiger partial charge in [0, 0.05) is 6.61 Å². The smallest absolute Gasteiger partial charge is 0.137 e. The number of nitrogens with zero attached hydrogens (tertiary/aromatic N) is 1. The Kier molecular flexibility index (Phi) is 3.88. The molecule has 2 unspecified atom stereocenters. The molecule has 1 fully saturated rings. The second kappa shape index (κ2) is 5.39. The SMILES string of the molecule is COc1ccc(C2OCCCC2C#N)cc1Cl. The summed E-state index contributed by atoms with van der Waals surface area (Å²) in [7, 11) is 1.58. The molecular formula is C13H14ClNO2. The molecule has 0 spiro atoms. The molecule has 1 aliphatic rings. The number of methoxy groups -OCH3 is 1. The summed E-state index contributed by atoms with van der Waals surface area (Å²) < 4.78 is 10.8. The third-order valence-electron chi connectivity index (χ3n) is 2.99. The van der Waals surface area contributed by atoms with Gasteiger partial charge in [0.2, 0.25) is 0 Å². The zero-order chi connectivity index (χ0) is 12.3. The van der Waals surface area contributed by atoms with Gasteiger partial charge in [0.25, 0.3) is 0 Å². The lowest BCUT2D eigenvalue weighted by Gasteiger charge is -2.27. The Morgan fingerprint density at radius 2 is 2.35 bits per heavy atom. The third-order valence-corrected chi connectivity index (χ3v) is 3.29. The van der Waals surface area contributed by atoms with Crippen molar-refractivity contribution in [1.29, 1.82) is 5.26 Å². The van der Waals surface area contributed by atoms with Crippen LogP contribution in [-0.2, 0) is 4.74 Å². The largest absolute Gasteiger partial charge is 0.495 e. The molecule has 1 heterocycles. The first-order valence-corrected chi connectivity index (χ1v) is 5.98. The first kappa shape index (κ1) is 12.2. The number of halogens is 1. The normalized spacial score (nSPS) is 24.1. The number of nitriles is 1. The lowest BCUT2D eigenvalue weighted by atomic mass is 9.91. The average molecular weight is 252 g/mol. The van der Waals surface area contributed by atoms with E-state index >= 15 is 0 Å². The molecular weight excluding hydrogens is 238 g/mol. The summed E-state index contributed by atoms with van der Waals surface area (Å²) in [5, 5.41) is 9.66. The van der Waals surface area contributed by atoms with E-state index in [1.54, 1.807) is 7.11 Å². The Bertz CT molecular complexity index is 442. The van der Waals surface area contributed by atoms with Crippen LogP contribution in [0.25, 0.3) is 0 Å². The van der Waals surface area contributed by atoms with Crippen LogP contribution >= 0.6 is 11.6 Å². The highest BCUT2D eigenvalue weighted by molar-refractivity contribution is 6.32. The fourth-order valence-corrected chi connectivity index (χ4v) is 2.37. The van der Waals surface area contributed by atoms with Crippen LogP contribution in [0, 0.1) is 17.2 Å². The Morgan fingerprint density at radius 3 is 3.00 bits per heavy atom. The van der Waals surface area contributed by atoms with Crippen molar-refractivity contribution in [2.45, 2.75) is 18.9 Å². The van der Waals surface area contributed by atoms with Crippen LogP contribution < -0.4 is 4.74 Å². The quantitative estimate of drug-likeness (QED) is 0.810. The van der Waals surface area contributed by atoms with E-state index in [0.29, 0.717) is 17.4 Å². The molecule has 0 aromatic heterocycles. The van der Waals surface area contributed by atoms with E-state index in [-0.39, 0.29) is 12.0 Å². The van der Waals surface area contributed by atoms with E-state index in [4.69, 9.17) is 26.3 Å². The van der Waals surface area contributed by atoms with Crippen LogP contribution in [0.15, 0.2) is 18.2 Å². The Hall–Kier alpha value is -1.24. The first-order chi connectivity index (χ1) is 8.26. The zero-order valence-electron chi connectivity index (χ0n) is 9.65. The van der Waals surface area contributed by atoms with E-state index < -0.39 is 0 Å². The molecule has 17 heavy (non-hydrogen) atoms. The van der Waals surface area contributed by atoms with Crippen molar-refractivity contribution < 1.29 is 9.47 Å². The van der Waals surface area contributed by atoms with Gasteiger partial charge in [-0.3, -0.25) is 0 Å². The molecule has 1 aliphatic heterocycles. The van der Waals surface area contributed by atoms with Gasteiger partial charge in [0.1, 0.15) is 5.75 Å². The summed E-state index contributed by atoms with van der Waals surface area (Å²) >= 11 is 6.08. The molecule has 1 aromatic carbocycles. The van der Waals surface area contributed by atoms with Gasteiger partial charge in [-0.1, -0.05) is 17.7 Å². The van der Waals surface area contributed by atoms with Gasteiger partial charge < -0.3 is 9.47 Å². The highest BCUT2D eigenvalue weighted by Crippen LogP contribution is 2.36. The molecule has 0 bridgehead atoms. The molecule has 3 nitrogen and oxygen atoms in total. The van der Waals surface area contributed by atoms with Crippen molar-refractivity contribution in [2.24, 2.45) is 5.92 Å². The predicted octanol–water partition coefficient (Wildman–Crippen LogP) is 3.34. The summed E-state index contributed by atoms with van der Waals surface area (Å²) in [5.74, 6) is 0.549. The van der Waals surface area contributed by atoms with Gasteiger partial charge in [0.05, 0.1) is 30.2 Å². The monoisotopic (exact) mass is 251 g/mol. The maximum Gasteiger partial charge on any atom is 0.137 e. The van der Waals surface area contributed by atoms with E-state index in [9.17, 15) is 0 Å². The van der Waals surface area contributed by atoms with Gasteiger partial charge in [-0.15, -0.1) is 0 Å². The lowest BCUT2D eigenvalue weighted by Crippen LogP contribution is -2.21. The third kappa shape index (κ3) is 2.54. The fraction of sp³-hybridized carbons (Fsp3) is 0.462. The van der Waals surface area contributed by atoms with E-state index in [1.165, 1.54) is 0 Å². The second-order valence-electron chi connectivity index (χ2n) is 4.06. The van der Waals surface area contributed by atoms with Gasteiger partial charge >= 0.3 is 0 Å². The highest BCUT2D eigenvalue weighted by atomic mass is 35.5. The molecule has 0 amide bonds. The van der Waals surface area contributed by atoms with Crippen molar-refractivity contribution in [3.05, 3.63) is 28.8 Å². The van der Waals surface area contributed by atoms with Crippen molar-refractivity contribution in [3.63, 3.8) is 0 Å². The maximum absolute atomic E-state index is 9.11. The minimum absolute atomic E-state index is 0.0896. The fourth-order valence-electron chi connectivity index (χ4n) is 2.10. The van der Waals surface area contributed by atoms with E-state index in [2.05, 4.69) is 6.07 Å². The molecule has 2 atom stereocenters. The summed E-state index contributed by atoms with van der Waals surface area (Å²) in [6.45, 7) is 0.701. The Labute approximate surface area is 106 Å². The molecule has 0 aliphatic carbocycles. The molecule has 2 rings (SSSR count). The van der Waals surface area contributed by atoms with Gasteiger partial charge in [0.15, 0.2) is 0 Å². The second-order valence-corrected chi connectivity index (χ2v) is 4.47. The minimum Gasteiger partial charge on any atom is -0.495 e. The molecule has 0 saturated carbocycles. The van der Waals surface area contributed by atoms with E-state index in [0.717, 1.165) is 18.4 Å². The number of hydrogen-bond donors (Lipinski definition) is 0. The summed E-state index contributed by atoms with van der Waals surface area (Å²) in [4.78, 5) is 0. The highest BCUT2D eigenvalue weighted by Gasteiger charge is 2.27. The maximum atomic E-state index is 9.11. The Balaban J connectivity index is 2.27. The molecule has 90 valence electrons. The van der Waals surface area contributed by atoms with Crippen LogP contribution in [-0.4, -0.2) is 13.7 Å². The topological polar surface area (TPSA) is 42.2 Å². The summed E-state index contributed by atoms with van der Waals surface area (Å²) in [6, 6.07) is 7.84. The standard InChI is InChI=1S/C13H14ClNO2/c1-16-12-5-4-9(7-11(12)14)13-10(8-15)3-2-6-17-13/h4-5,7,10,13H,2-3,6H2,1H3. The van der Waals surface area contributed by atoms with Gasteiger partial charge in [-0.25, -0.2) is 0 Å². The minimum atomic E-state index is -0.169. The number of ether oxygens (including phenoxy) is 2. The van der Waals surface area contributed by atoms with Crippen molar-refractivity contribution in [1.82, 2.24) is 0 Å². The van der Waals surface area contributed by atoms with Crippen LogP contribution in [0.1, 0.15) is 24.5 Å². The van der Waals surface area contributed by atoms with E-state index in [1.807, 2.05) is 18.2 Å². The first-order valence-electron chi connectivity index (χ1n) is 5.61. The van der Waals surface area contributed by atoms with Crippen LogP contribution in [0.2, 0.25) is 5.02 Å². The van der Waals surface area contributed by atoms with Crippen molar-refractivity contribution >= 4 is 11.6 Å². The van der Waals surface area contributed by atoms with Gasteiger partial charge in [-0.05, 0) is 30.5 Å². The number of hydrogen-bond acceptors (Lipinski definition) is 3. The molecule has 0 N–H and O–H groups in total. The van der Waals surface area contributed by atoms with Gasteiger partial charge in [-0.2, -0.15) is 5.26 Å².